The zero-order chi connectivity index (χ0) is 11.8. The highest BCUT2D eigenvalue weighted by molar-refractivity contribution is 4.72. The maximum Gasteiger partial charge on any atom is 0.00217 e. The third-order valence-corrected chi connectivity index (χ3v) is 4.06. The fourth-order valence-corrected chi connectivity index (χ4v) is 2.87. The summed E-state index contributed by atoms with van der Waals surface area (Å²) in [6.45, 7) is 9.30. The van der Waals surface area contributed by atoms with Crippen LogP contribution in [0.5, 0.6) is 0 Å². The van der Waals surface area contributed by atoms with E-state index in [1.165, 1.54) is 58.2 Å². The normalized spacial score (nSPS) is 25.3. The van der Waals surface area contributed by atoms with Crippen LogP contribution in [0.3, 0.4) is 0 Å². The van der Waals surface area contributed by atoms with Crippen LogP contribution in [0.15, 0.2) is 0 Å². The van der Waals surface area contributed by atoms with Gasteiger partial charge in [-0.3, -0.25) is 0 Å². The Labute approximate surface area is 102 Å². The molecule has 2 heteroatoms. The fourth-order valence-electron chi connectivity index (χ4n) is 2.87. The molecule has 0 aliphatic carbocycles. The van der Waals surface area contributed by atoms with Gasteiger partial charge in [-0.15, -0.1) is 0 Å². The first-order chi connectivity index (χ1) is 7.80. The molecule has 1 aliphatic heterocycles. The Hall–Kier alpha value is -0.0800. The molecule has 1 rings (SSSR count). The summed E-state index contributed by atoms with van der Waals surface area (Å²) in [6, 6.07) is 0. The van der Waals surface area contributed by atoms with E-state index in [0.717, 1.165) is 18.4 Å². The third kappa shape index (κ3) is 4.84. The summed E-state index contributed by atoms with van der Waals surface area (Å²) >= 11 is 0. The predicted octanol–water partition coefficient (Wildman–Crippen LogP) is 2.87. The monoisotopic (exact) mass is 226 g/mol. The lowest BCUT2D eigenvalue weighted by atomic mass is 9.98. The number of nitrogens with two attached hydrogens (primary N) is 1. The lowest BCUT2D eigenvalue weighted by Crippen LogP contribution is -2.33. The standard InChI is InChI=1S/C14H30N2/c1-3-6-14(11-15)12-16-9-5-7-13(4-2)8-10-16/h13-14H,3-12,15H2,1-2H3. The maximum atomic E-state index is 5.84. The first-order valence-electron chi connectivity index (χ1n) is 7.22. The van der Waals surface area contributed by atoms with Crippen LogP contribution in [-0.2, 0) is 0 Å². The summed E-state index contributed by atoms with van der Waals surface area (Å²) in [7, 11) is 0. The molecule has 0 bridgehead atoms. The number of hydrogen-bond acceptors (Lipinski definition) is 2. The molecule has 2 N–H and O–H groups in total. The Morgan fingerprint density at radius 2 is 2.06 bits per heavy atom. The average molecular weight is 226 g/mol. The van der Waals surface area contributed by atoms with Crippen molar-refractivity contribution in [2.75, 3.05) is 26.2 Å². The molecule has 0 amide bonds. The highest BCUT2D eigenvalue weighted by Crippen LogP contribution is 2.21. The van der Waals surface area contributed by atoms with Gasteiger partial charge < -0.3 is 10.6 Å². The van der Waals surface area contributed by atoms with E-state index in [9.17, 15) is 0 Å². The van der Waals surface area contributed by atoms with Crippen LogP contribution in [0.4, 0.5) is 0 Å². The van der Waals surface area contributed by atoms with E-state index in [2.05, 4.69) is 18.7 Å². The molecule has 16 heavy (non-hydrogen) atoms. The lowest BCUT2D eigenvalue weighted by molar-refractivity contribution is 0.231. The van der Waals surface area contributed by atoms with Gasteiger partial charge in [0.05, 0.1) is 0 Å². The van der Waals surface area contributed by atoms with Crippen LogP contribution in [0.2, 0.25) is 0 Å². The molecule has 96 valence electrons. The molecular weight excluding hydrogens is 196 g/mol. The van der Waals surface area contributed by atoms with Gasteiger partial charge in [0.15, 0.2) is 0 Å². The molecule has 0 aromatic carbocycles. The van der Waals surface area contributed by atoms with Crippen molar-refractivity contribution in [3.63, 3.8) is 0 Å². The van der Waals surface area contributed by atoms with Crippen LogP contribution >= 0.6 is 0 Å². The van der Waals surface area contributed by atoms with Gasteiger partial charge in [0.1, 0.15) is 0 Å². The topological polar surface area (TPSA) is 29.3 Å². The zero-order valence-electron chi connectivity index (χ0n) is 11.3. The second-order valence-corrected chi connectivity index (χ2v) is 5.40. The van der Waals surface area contributed by atoms with Crippen molar-refractivity contribution in [3.8, 4) is 0 Å². The molecule has 1 saturated heterocycles. The van der Waals surface area contributed by atoms with Crippen LogP contribution in [0.1, 0.15) is 52.4 Å². The Kier molecular flexibility index (Phi) is 7.06. The van der Waals surface area contributed by atoms with Crippen molar-refractivity contribution in [2.45, 2.75) is 52.4 Å². The van der Waals surface area contributed by atoms with Gasteiger partial charge in [-0.25, -0.2) is 0 Å². The predicted molar refractivity (Wildman–Crippen MR) is 71.5 cm³/mol. The summed E-state index contributed by atoms with van der Waals surface area (Å²) in [4.78, 5) is 2.66. The van der Waals surface area contributed by atoms with Crippen molar-refractivity contribution in [1.29, 1.82) is 0 Å². The van der Waals surface area contributed by atoms with Crippen LogP contribution in [0, 0.1) is 11.8 Å². The highest BCUT2D eigenvalue weighted by atomic mass is 15.1. The largest absolute Gasteiger partial charge is 0.330 e. The van der Waals surface area contributed by atoms with Crippen LogP contribution < -0.4 is 5.73 Å². The summed E-state index contributed by atoms with van der Waals surface area (Å²) in [5.74, 6) is 1.70. The van der Waals surface area contributed by atoms with E-state index < -0.39 is 0 Å². The second kappa shape index (κ2) is 8.08. The molecule has 0 radical (unpaired) electrons. The first kappa shape index (κ1) is 14.0. The molecule has 2 nitrogen and oxygen atoms in total. The summed E-state index contributed by atoms with van der Waals surface area (Å²) in [5, 5.41) is 0. The molecule has 0 aromatic rings. The fraction of sp³-hybridized carbons (Fsp3) is 1.00. The van der Waals surface area contributed by atoms with Gasteiger partial charge in [0.25, 0.3) is 0 Å². The van der Waals surface area contributed by atoms with E-state index in [4.69, 9.17) is 5.73 Å². The van der Waals surface area contributed by atoms with Crippen molar-refractivity contribution < 1.29 is 0 Å². The van der Waals surface area contributed by atoms with E-state index in [1.54, 1.807) is 0 Å². The van der Waals surface area contributed by atoms with Crippen molar-refractivity contribution >= 4 is 0 Å². The second-order valence-electron chi connectivity index (χ2n) is 5.40. The highest BCUT2D eigenvalue weighted by Gasteiger charge is 2.17. The molecular formula is C14H30N2. The number of likely N-dealkylation sites (tertiary alicyclic amines) is 1. The third-order valence-electron chi connectivity index (χ3n) is 4.06. The Balaban J connectivity index is 2.30. The SMILES string of the molecule is CCCC(CN)CN1CCCC(CC)CC1. The van der Waals surface area contributed by atoms with Gasteiger partial charge >= 0.3 is 0 Å². The minimum absolute atomic E-state index is 0.725. The molecule has 1 heterocycles. The van der Waals surface area contributed by atoms with Crippen LogP contribution in [0.25, 0.3) is 0 Å². The van der Waals surface area contributed by atoms with E-state index in [-0.39, 0.29) is 0 Å². The molecule has 1 fully saturated rings. The Bertz CT molecular complexity index is 170. The minimum Gasteiger partial charge on any atom is -0.330 e. The quantitative estimate of drug-likeness (QED) is 0.754. The first-order valence-corrected chi connectivity index (χ1v) is 7.22. The average Bonchev–Trinajstić information content (AvgIpc) is 2.53. The van der Waals surface area contributed by atoms with Crippen molar-refractivity contribution in [1.82, 2.24) is 4.90 Å². The summed E-state index contributed by atoms with van der Waals surface area (Å²) in [6.07, 6.45) is 8.16. The molecule has 2 atom stereocenters. The lowest BCUT2D eigenvalue weighted by Gasteiger charge is -2.25. The molecule has 0 saturated carbocycles. The number of rotatable bonds is 6. The van der Waals surface area contributed by atoms with E-state index in [0.29, 0.717) is 0 Å². The van der Waals surface area contributed by atoms with Gasteiger partial charge in [0, 0.05) is 6.54 Å². The minimum atomic E-state index is 0.725. The number of hydrogen-bond donors (Lipinski definition) is 1. The summed E-state index contributed by atoms with van der Waals surface area (Å²) in [5.41, 5.74) is 5.84. The van der Waals surface area contributed by atoms with Gasteiger partial charge in [0.2, 0.25) is 0 Å². The summed E-state index contributed by atoms with van der Waals surface area (Å²) < 4.78 is 0. The molecule has 1 aliphatic rings. The molecule has 0 spiro atoms. The smallest absolute Gasteiger partial charge is 0.00217 e. The van der Waals surface area contributed by atoms with Gasteiger partial charge in [-0.1, -0.05) is 26.7 Å². The van der Waals surface area contributed by atoms with Gasteiger partial charge in [-0.2, -0.15) is 0 Å². The van der Waals surface area contributed by atoms with E-state index >= 15 is 0 Å². The number of nitrogens with zero attached hydrogens (tertiary/aromatic N) is 1. The van der Waals surface area contributed by atoms with Gasteiger partial charge in [-0.05, 0) is 57.2 Å². The van der Waals surface area contributed by atoms with Crippen molar-refractivity contribution in [3.05, 3.63) is 0 Å². The molecule has 0 aromatic heterocycles. The van der Waals surface area contributed by atoms with E-state index in [1.807, 2.05) is 0 Å². The Morgan fingerprint density at radius 3 is 2.69 bits per heavy atom. The maximum absolute atomic E-state index is 5.84. The zero-order valence-corrected chi connectivity index (χ0v) is 11.3. The Morgan fingerprint density at radius 1 is 1.25 bits per heavy atom. The van der Waals surface area contributed by atoms with Crippen molar-refractivity contribution in [2.24, 2.45) is 17.6 Å². The van der Waals surface area contributed by atoms with Crippen LogP contribution in [-0.4, -0.2) is 31.1 Å². The molecule has 2 unspecified atom stereocenters.